The van der Waals surface area contributed by atoms with Crippen molar-refractivity contribution in [2.24, 2.45) is 5.10 Å². The number of carbonyl (C=O) groups is 3. The third-order valence-electron chi connectivity index (χ3n) is 4.57. The van der Waals surface area contributed by atoms with E-state index in [-0.39, 0.29) is 22.8 Å². The zero-order chi connectivity index (χ0) is 27.1. The molecule has 0 aliphatic heterocycles. The van der Waals surface area contributed by atoms with Crippen LogP contribution in [0, 0.1) is 20.2 Å². The molecule has 188 valence electrons. The highest BCUT2D eigenvalue weighted by Gasteiger charge is 2.21. The second-order valence-corrected chi connectivity index (χ2v) is 8.20. The number of non-ortho nitro benzene ring substituents is 2. The molecule has 0 bridgehead atoms. The number of halogens is 1. The Bertz CT molecular complexity index is 1410. The van der Waals surface area contributed by atoms with Gasteiger partial charge in [0.1, 0.15) is 5.75 Å². The van der Waals surface area contributed by atoms with Crippen molar-refractivity contribution < 1.29 is 29.0 Å². The fourth-order valence-electron chi connectivity index (χ4n) is 2.93. The Balaban J connectivity index is 1.77. The van der Waals surface area contributed by atoms with Gasteiger partial charge in [-0.2, -0.15) is 5.10 Å². The Kier molecular flexibility index (Phi) is 8.37. The lowest BCUT2D eigenvalue weighted by molar-refractivity contribution is -0.394. The van der Waals surface area contributed by atoms with Crippen LogP contribution in [0.25, 0.3) is 0 Å². The van der Waals surface area contributed by atoms with Crippen molar-refractivity contribution in [3.05, 3.63) is 102 Å². The number of ether oxygens (including phenoxy) is 1. The fraction of sp³-hybridized carbons (Fsp3) is 0.0435. The van der Waals surface area contributed by atoms with Gasteiger partial charge < -0.3 is 10.1 Å². The van der Waals surface area contributed by atoms with E-state index < -0.39 is 38.7 Å². The van der Waals surface area contributed by atoms with Crippen molar-refractivity contribution in [3.63, 3.8) is 0 Å². The van der Waals surface area contributed by atoms with Gasteiger partial charge in [-0.1, -0.05) is 15.9 Å². The molecule has 3 aromatic rings. The first-order chi connectivity index (χ1) is 17.5. The van der Waals surface area contributed by atoms with Crippen LogP contribution in [0.1, 0.15) is 33.2 Å². The highest BCUT2D eigenvalue weighted by molar-refractivity contribution is 9.10. The zero-order valence-electron chi connectivity index (χ0n) is 18.8. The first kappa shape index (κ1) is 26.6. The van der Waals surface area contributed by atoms with Crippen LogP contribution in [0.4, 0.5) is 17.1 Å². The van der Waals surface area contributed by atoms with Crippen molar-refractivity contribution in [1.82, 2.24) is 5.43 Å². The quantitative estimate of drug-likeness (QED) is 0.133. The van der Waals surface area contributed by atoms with Crippen LogP contribution >= 0.6 is 15.9 Å². The van der Waals surface area contributed by atoms with Gasteiger partial charge >= 0.3 is 5.97 Å². The third kappa shape index (κ3) is 7.25. The molecule has 0 unspecified atom stereocenters. The van der Waals surface area contributed by atoms with E-state index >= 15 is 0 Å². The maximum Gasteiger partial charge on any atom is 0.344 e. The summed E-state index contributed by atoms with van der Waals surface area (Å²) in [6, 6.07) is 13.0. The van der Waals surface area contributed by atoms with Crippen LogP contribution in [-0.2, 0) is 4.79 Å². The Hall–Kier alpha value is -4.98. The minimum absolute atomic E-state index is 0.0278. The largest absolute Gasteiger partial charge is 0.422 e. The maximum atomic E-state index is 12.6. The average molecular weight is 570 g/mol. The molecule has 0 aromatic heterocycles. The highest BCUT2D eigenvalue weighted by Crippen LogP contribution is 2.26. The molecule has 0 atom stereocenters. The van der Waals surface area contributed by atoms with Gasteiger partial charge in [0, 0.05) is 40.3 Å². The number of nitrogens with one attached hydrogen (secondary N) is 2. The van der Waals surface area contributed by atoms with Gasteiger partial charge in [-0.3, -0.25) is 29.8 Å². The van der Waals surface area contributed by atoms with E-state index in [2.05, 4.69) is 31.8 Å². The van der Waals surface area contributed by atoms with Gasteiger partial charge in [0.05, 0.1) is 27.7 Å². The first-order valence-corrected chi connectivity index (χ1v) is 11.0. The Morgan fingerprint density at radius 1 is 0.919 bits per heavy atom. The predicted molar refractivity (Wildman–Crippen MR) is 135 cm³/mol. The number of nitrogens with zero attached hydrogens (tertiary/aromatic N) is 3. The van der Waals surface area contributed by atoms with Gasteiger partial charge in [0.15, 0.2) is 0 Å². The van der Waals surface area contributed by atoms with Crippen LogP contribution < -0.4 is 15.5 Å². The minimum Gasteiger partial charge on any atom is -0.422 e. The topological polar surface area (TPSA) is 183 Å². The number of hydrogen-bond donors (Lipinski definition) is 2. The first-order valence-electron chi connectivity index (χ1n) is 10.2. The number of anilines is 1. The lowest BCUT2D eigenvalue weighted by Crippen LogP contribution is -2.18. The van der Waals surface area contributed by atoms with E-state index in [1.807, 2.05) is 0 Å². The van der Waals surface area contributed by atoms with E-state index in [9.17, 15) is 34.6 Å². The van der Waals surface area contributed by atoms with Crippen LogP contribution in [-0.4, -0.2) is 33.8 Å². The molecule has 2 amide bonds. The number of rotatable bonds is 8. The molecule has 0 aliphatic carbocycles. The molecule has 0 fully saturated rings. The monoisotopic (exact) mass is 569 g/mol. The molecular weight excluding hydrogens is 554 g/mol. The number of hydrogen-bond acceptors (Lipinski definition) is 9. The number of esters is 1. The number of nitro benzene ring substituents is 2. The molecule has 0 heterocycles. The number of carbonyl (C=O) groups excluding carboxylic acids is 3. The molecule has 13 nitrogen and oxygen atoms in total. The van der Waals surface area contributed by atoms with Gasteiger partial charge in [0.25, 0.3) is 17.3 Å². The van der Waals surface area contributed by atoms with E-state index in [1.165, 1.54) is 37.4 Å². The maximum absolute atomic E-state index is 12.6. The van der Waals surface area contributed by atoms with Crippen molar-refractivity contribution in [1.29, 1.82) is 0 Å². The van der Waals surface area contributed by atoms with Crippen molar-refractivity contribution in [3.8, 4) is 5.75 Å². The summed E-state index contributed by atoms with van der Waals surface area (Å²) >= 11 is 3.27. The highest BCUT2D eigenvalue weighted by atomic mass is 79.9. The predicted octanol–water partition coefficient (Wildman–Crippen LogP) is 4.21. The SMILES string of the molecule is CC(=O)Nc1ccc(C(=O)N/N=C\c2cc(Br)ccc2OC(=O)c2cc([N+](=O)[O-])cc([N+](=O)[O-])c2)cc1. The standard InChI is InChI=1S/C23H16BrN5O8/c1-13(30)26-18-5-2-14(3-6-18)22(31)27-25-12-16-8-17(24)4-7-21(16)37-23(32)15-9-19(28(33)34)11-20(10-15)29(35)36/h2-12H,1H3,(H,26,30)(H,27,31)/b25-12-. The van der Waals surface area contributed by atoms with Gasteiger partial charge in [-0.25, -0.2) is 10.2 Å². The molecule has 37 heavy (non-hydrogen) atoms. The summed E-state index contributed by atoms with van der Waals surface area (Å²) in [5, 5.41) is 28.6. The van der Waals surface area contributed by atoms with E-state index in [1.54, 1.807) is 18.2 Å². The molecular formula is C23H16BrN5O8. The number of hydrazone groups is 1. The van der Waals surface area contributed by atoms with Crippen LogP contribution in [0.2, 0.25) is 0 Å². The zero-order valence-corrected chi connectivity index (χ0v) is 20.4. The minimum atomic E-state index is -1.08. The summed E-state index contributed by atoms with van der Waals surface area (Å²) in [6.07, 6.45) is 1.20. The van der Waals surface area contributed by atoms with Crippen LogP contribution in [0.15, 0.2) is 70.2 Å². The summed E-state index contributed by atoms with van der Waals surface area (Å²) < 4.78 is 5.88. The summed E-state index contributed by atoms with van der Waals surface area (Å²) in [7, 11) is 0. The number of amides is 2. The molecule has 14 heteroatoms. The van der Waals surface area contributed by atoms with Gasteiger partial charge in [0.2, 0.25) is 5.91 Å². The summed E-state index contributed by atoms with van der Waals surface area (Å²) in [5.74, 6) is -1.91. The van der Waals surface area contributed by atoms with Gasteiger partial charge in [-0.05, 0) is 42.5 Å². The second kappa shape index (κ2) is 11.6. The van der Waals surface area contributed by atoms with Crippen LogP contribution in [0.5, 0.6) is 5.75 Å². The van der Waals surface area contributed by atoms with Crippen molar-refractivity contribution >= 4 is 57.0 Å². The third-order valence-corrected chi connectivity index (χ3v) is 5.06. The lowest BCUT2D eigenvalue weighted by atomic mass is 10.1. The lowest BCUT2D eigenvalue weighted by Gasteiger charge is -2.08. The summed E-state index contributed by atoms with van der Waals surface area (Å²) in [5.41, 5.74) is 1.64. The summed E-state index contributed by atoms with van der Waals surface area (Å²) in [4.78, 5) is 56.5. The van der Waals surface area contributed by atoms with Crippen LogP contribution in [0.3, 0.4) is 0 Å². The molecule has 0 saturated carbocycles. The Morgan fingerprint density at radius 2 is 1.54 bits per heavy atom. The molecule has 2 N–H and O–H groups in total. The van der Waals surface area contributed by atoms with Crippen molar-refractivity contribution in [2.45, 2.75) is 6.92 Å². The Morgan fingerprint density at radius 3 is 2.11 bits per heavy atom. The smallest absolute Gasteiger partial charge is 0.344 e. The van der Waals surface area contributed by atoms with E-state index in [4.69, 9.17) is 4.74 Å². The molecule has 0 radical (unpaired) electrons. The van der Waals surface area contributed by atoms with Gasteiger partial charge in [-0.15, -0.1) is 0 Å². The molecule has 3 aromatic carbocycles. The molecule has 0 saturated heterocycles. The second-order valence-electron chi connectivity index (χ2n) is 7.28. The summed E-state index contributed by atoms with van der Waals surface area (Å²) in [6.45, 7) is 1.36. The van der Waals surface area contributed by atoms with E-state index in [0.29, 0.717) is 10.2 Å². The normalized spacial score (nSPS) is 10.5. The molecule has 3 rings (SSSR count). The fourth-order valence-corrected chi connectivity index (χ4v) is 3.31. The Labute approximate surface area is 216 Å². The molecule has 0 aliphatic rings. The molecule has 0 spiro atoms. The number of benzene rings is 3. The van der Waals surface area contributed by atoms with Crippen molar-refractivity contribution in [2.75, 3.05) is 5.32 Å². The van der Waals surface area contributed by atoms with E-state index in [0.717, 1.165) is 18.2 Å². The average Bonchev–Trinajstić information content (AvgIpc) is 2.85. The number of nitro groups is 2.